The quantitative estimate of drug-likeness (QED) is 0.477. The monoisotopic (exact) mass is 400 g/mol. The maximum atomic E-state index is 12.9. The van der Waals surface area contributed by atoms with Crippen molar-refractivity contribution < 1.29 is 9.59 Å². The summed E-state index contributed by atoms with van der Waals surface area (Å²) in [5.74, 6) is -0.185. The smallest absolute Gasteiger partial charge is 0.255 e. The Balaban J connectivity index is 1.68. The fourth-order valence-electron chi connectivity index (χ4n) is 3.01. The van der Waals surface area contributed by atoms with Crippen LogP contribution in [0.2, 0.25) is 0 Å². The minimum absolute atomic E-state index is 0.292. The molecule has 3 heterocycles. The van der Waals surface area contributed by atoms with Crippen LogP contribution < -0.4 is 16.0 Å². The fraction of sp³-hybridized carbons (Fsp3) is 0.0909. The number of aromatic nitrogens is 3. The molecule has 4 aromatic rings. The zero-order valence-corrected chi connectivity index (χ0v) is 16.5. The van der Waals surface area contributed by atoms with Gasteiger partial charge in [-0.15, -0.1) is 0 Å². The molecule has 0 saturated heterocycles. The predicted octanol–water partition coefficient (Wildman–Crippen LogP) is 3.39. The second-order valence-corrected chi connectivity index (χ2v) is 6.70. The Labute approximate surface area is 173 Å². The van der Waals surface area contributed by atoms with Crippen LogP contribution in [0, 0.1) is 6.92 Å². The standard InChI is InChI=1S/C22H20N6O2/c1-14-5-3-4-6-17(14)26-20-18(11-16(13-25-20)21(29)23-2)27-22(30)15-7-9-28-10-8-24-19(28)12-15/h3-13H,1-2H3,(H,23,29)(H,25,26)(H,27,30). The van der Waals surface area contributed by atoms with Gasteiger partial charge in [-0.25, -0.2) is 9.97 Å². The van der Waals surface area contributed by atoms with Crippen LogP contribution in [0.4, 0.5) is 17.2 Å². The van der Waals surface area contributed by atoms with Crippen LogP contribution >= 0.6 is 0 Å². The van der Waals surface area contributed by atoms with E-state index in [9.17, 15) is 9.59 Å². The van der Waals surface area contributed by atoms with Gasteiger partial charge in [0, 0.05) is 43.1 Å². The lowest BCUT2D eigenvalue weighted by atomic mass is 10.2. The van der Waals surface area contributed by atoms with Crippen LogP contribution in [-0.4, -0.2) is 33.2 Å². The van der Waals surface area contributed by atoms with E-state index >= 15 is 0 Å². The van der Waals surface area contributed by atoms with Gasteiger partial charge in [0.1, 0.15) is 5.65 Å². The first-order chi connectivity index (χ1) is 14.5. The van der Waals surface area contributed by atoms with Crippen molar-refractivity contribution in [1.29, 1.82) is 0 Å². The van der Waals surface area contributed by atoms with Crippen molar-refractivity contribution in [3.05, 3.63) is 83.9 Å². The summed E-state index contributed by atoms with van der Waals surface area (Å²) in [6, 6.07) is 12.7. The summed E-state index contributed by atoms with van der Waals surface area (Å²) in [6.45, 7) is 1.97. The number of aryl methyl sites for hydroxylation is 1. The van der Waals surface area contributed by atoms with Crippen molar-refractivity contribution in [3.8, 4) is 0 Å². The number of pyridine rings is 2. The first-order valence-electron chi connectivity index (χ1n) is 9.34. The van der Waals surface area contributed by atoms with E-state index in [0.717, 1.165) is 11.3 Å². The summed E-state index contributed by atoms with van der Waals surface area (Å²) in [5, 5.41) is 8.66. The normalized spacial score (nSPS) is 10.6. The van der Waals surface area contributed by atoms with Crippen LogP contribution in [-0.2, 0) is 0 Å². The average Bonchev–Trinajstić information content (AvgIpc) is 3.23. The summed E-state index contributed by atoms with van der Waals surface area (Å²) in [7, 11) is 1.54. The maximum absolute atomic E-state index is 12.9. The Hall–Kier alpha value is -4.20. The lowest BCUT2D eigenvalue weighted by Gasteiger charge is -2.15. The number of hydrogen-bond donors (Lipinski definition) is 3. The molecule has 0 spiro atoms. The van der Waals surface area contributed by atoms with Crippen LogP contribution in [0.15, 0.2) is 67.3 Å². The van der Waals surface area contributed by atoms with Crippen molar-refractivity contribution in [2.45, 2.75) is 6.92 Å². The number of nitrogens with one attached hydrogen (secondary N) is 3. The van der Waals surface area contributed by atoms with Gasteiger partial charge in [-0.3, -0.25) is 9.59 Å². The van der Waals surface area contributed by atoms with E-state index in [4.69, 9.17) is 0 Å². The second kappa shape index (κ2) is 8.04. The Kier molecular flexibility index (Phi) is 5.13. The van der Waals surface area contributed by atoms with Gasteiger partial charge in [-0.1, -0.05) is 18.2 Å². The minimum Gasteiger partial charge on any atom is -0.355 e. The number of rotatable bonds is 5. The molecule has 1 aromatic carbocycles. The number of fused-ring (bicyclic) bond motifs is 1. The Morgan fingerprint density at radius 1 is 0.933 bits per heavy atom. The predicted molar refractivity (Wildman–Crippen MR) is 115 cm³/mol. The molecular formula is C22H20N6O2. The van der Waals surface area contributed by atoms with Crippen molar-refractivity contribution in [2.75, 3.05) is 17.7 Å². The van der Waals surface area contributed by atoms with Gasteiger partial charge in [0.25, 0.3) is 11.8 Å². The van der Waals surface area contributed by atoms with E-state index in [1.54, 1.807) is 43.8 Å². The SMILES string of the molecule is CNC(=O)c1cnc(Nc2ccccc2C)c(NC(=O)c2ccn3ccnc3c2)c1. The van der Waals surface area contributed by atoms with Gasteiger partial charge in [0.2, 0.25) is 0 Å². The summed E-state index contributed by atoms with van der Waals surface area (Å²) in [4.78, 5) is 33.5. The molecule has 3 aromatic heterocycles. The molecule has 0 bridgehead atoms. The van der Waals surface area contributed by atoms with Crippen molar-refractivity contribution in [2.24, 2.45) is 0 Å². The van der Waals surface area contributed by atoms with E-state index in [1.807, 2.05) is 35.6 Å². The molecule has 0 aliphatic heterocycles. The molecule has 150 valence electrons. The highest BCUT2D eigenvalue weighted by molar-refractivity contribution is 6.07. The van der Waals surface area contributed by atoms with Crippen molar-refractivity contribution in [1.82, 2.24) is 19.7 Å². The number of carbonyl (C=O) groups is 2. The van der Waals surface area contributed by atoms with E-state index in [1.165, 1.54) is 6.20 Å². The topological polar surface area (TPSA) is 100 Å². The van der Waals surface area contributed by atoms with E-state index in [0.29, 0.717) is 28.3 Å². The highest BCUT2D eigenvalue weighted by Gasteiger charge is 2.15. The highest BCUT2D eigenvalue weighted by atomic mass is 16.2. The van der Waals surface area contributed by atoms with Crippen LogP contribution in [0.1, 0.15) is 26.3 Å². The summed E-state index contributed by atoms with van der Waals surface area (Å²) in [5.41, 5.74) is 3.72. The molecule has 0 unspecified atom stereocenters. The fourth-order valence-corrected chi connectivity index (χ4v) is 3.01. The Bertz CT molecular complexity index is 1250. The van der Waals surface area contributed by atoms with Gasteiger partial charge in [0.05, 0.1) is 11.3 Å². The number of benzene rings is 1. The van der Waals surface area contributed by atoms with Gasteiger partial charge in [0.15, 0.2) is 5.82 Å². The largest absolute Gasteiger partial charge is 0.355 e. The summed E-state index contributed by atoms with van der Waals surface area (Å²) >= 11 is 0. The van der Waals surface area contributed by atoms with Gasteiger partial charge in [-0.2, -0.15) is 0 Å². The second-order valence-electron chi connectivity index (χ2n) is 6.70. The van der Waals surface area contributed by atoms with E-state index in [-0.39, 0.29) is 11.8 Å². The number of imidazole rings is 1. The summed E-state index contributed by atoms with van der Waals surface area (Å²) in [6.07, 6.45) is 6.70. The van der Waals surface area contributed by atoms with Crippen molar-refractivity contribution in [3.63, 3.8) is 0 Å². The number of carbonyl (C=O) groups excluding carboxylic acids is 2. The molecule has 0 atom stereocenters. The highest BCUT2D eigenvalue weighted by Crippen LogP contribution is 2.26. The summed E-state index contributed by atoms with van der Waals surface area (Å²) < 4.78 is 1.82. The average molecular weight is 400 g/mol. The van der Waals surface area contributed by atoms with Crippen LogP contribution in [0.3, 0.4) is 0 Å². The molecule has 8 nitrogen and oxygen atoms in total. The number of para-hydroxylation sites is 1. The molecule has 2 amide bonds. The third kappa shape index (κ3) is 3.83. The Morgan fingerprint density at radius 2 is 1.77 bits per heavy atom. The Morgan fingerprint density at radius 3 is 2.57 bits per heavy atom. The van der Waals surface area contributed by atoms with Gasteiger partial charge in [-0.05, 0) is 36.8 Å². The molecule has 0 saturated carbocycles. The van der Waals surface area contributed by atoms with Crippen molar-refractivity contribution >= 4 is 34.7 Å². The first-order valence-corrected chi connectivity index (χ1v) is 9.34. The van der Waals surface area contributed by atoms with Crippen LogP contribution in [0.25, 0.3) is 5.65 Å². The first kappa shape index (κ1) is 19.1. The zero-order valence-electron chi connectivity index (χ0n) is 16.5. The molecule has 8 heteroatoms. The minimum atomic E-state index is -0.329. The number of hydrogen-bond acceptors (Lipinski definition) is 5. The van der Waals surface area contributed by atoms with Gasteiger partial charge < -0.3 is 20.4 Å². The maximum Gasteiger partial charge on any atom is 0.255 e. The molecular weight excluding hydrogens is 380 g/mol. The molecule has 4 rings (SSSR count). The zero-order chi connectivity index (χ0) is 21.1. The number of anilines is 3. The lowest BCUT2D eigenvalue weighted by Crippen LogP contribution is -2.20. The molecule has 0 fully saturated rings. The number of amides is 2. The molecule has 0 radical (unpaired) electrons. The molecule has 30 heavy (non-hydrogen) atoms. The van der Waals surface area contributed by atoms with E-state index < -0.39 is 0 Å². The molecule has 3 N–H and O–H groups in total. The van der Waals surface area contributed by atoms with E-state index in [2.05, 4.69) is 25.9 Å². The third-order valence-electron chi connectivity index (χ3n) is 4.68. The third-order valence-corrected chi connectivity index (χ3v) is 4.68. The van der Waals surface area contributed by atoms with Gasteiger partial charge >= 0.3 is 0 Å². The molecule has 0 aliphatic carbocycles. The van der Waals surface area contributed by atoms with Crippen LogP contribution in [0.5, 0.6) is 0 Å². The molecule has 0 aliphatic rings. The number of nitrogens with zero attached hydrogens (tertiary/aromatic N) is 3. The lowest BCUT2D eigenvalue weighted by molar-refractivity contribution is 0.0961.